The van der Waals surface area contributed by atoms with Crippen LogP contribution in [0.2, 0.25) is 0 Å². The van der Waals surface area contributed by atoms with Crippen LogP contribution in [0.3, 0.4) is 0 Å². The van der Waals surface area contributed by atoms with E-state index < -0.39 is 0 Å². The second-order valence-corrected chi connectivity index (χ2v) is 6.16. The number of hydrogen-bond donors (Lipinski definition) is 0. The SMILES string of the molecule is Cn1cc(C(=O)N(Cc2cccs2)Cc2cccn2C)nn1. The van der Waals surface area contributed by atoms with Crippen LogP contribution in [0.5, 0.6) is 0 Å². The van der Waals surface area contributed by atoms with Crippen molar-refractivity contribution in [2.75, 3.05) is 0 Å². The Morgan fingerprint density at radius 1 is 1.27 bits per heavy atom. The maximum Gasteiger partial charge on any atom is 0.276 e. The fraction of sp³-hybridized carbons (Fsp3) is 0.267. The van der Waals surface area contributed by atoms with Crippen LogP contribution in [0, 0.1) is 0 Å². The van der Waals surface area contributed by atoms with Gasteiger partial charge in [-0.2, -0.15) is 0 Å². The van der Waals surface area contributed by atoms with Gasteiger partial charge >= 0.3 is 0 Å². The van der Waals surface area contributed by atoms with E-state index in [4.69, 9.17) is 0 Å². The van der Waals surface area contributed by atoms with Crippen molar-refractivity contribution in [1.82, 2.24) is 24.5 Å². The molecule has 0 saturated carbocycles. The van der Waals surface area contributed by atoms with Gasteiger partial charge in [-0.3, -0.25) is 9.48 Å². The molecule has 0 fully saturated rings. The predicted octanol–water partition coefficient (Wildman–Crippen LogP) is 2.06. The molecule has 0 aliphatic rings. The molecule has 0 atom stereocenters. The highest BCUT2D eigenvalue weighted by atomic mass is 32.1. The topological polar surface area (TPSA) is 56.0 Å². The molecule has 0 aliphatic carbocycles. The van der Waals surface area contributed by atoms with Gasteiger partial charge < -0.3 is 9.47 Å². The van der Waals surface area contributed by atoms with Crippen molar-refractivity contribution >= 4 is 17.2 Å². The number of aryl methyl sites for hydroxylation is 2. The number of nitrogens with zero attached hydrogens (tertiary/aromatic N) is 5. The largest absolute Gasteiger partial charge is 0.353 e. The van der Waals surface area contributed by atoms with Crippen LogP contribution in [0.25, 0.3) is 0 Å². The average Bonchev–Trinajstić information content (AvgIpc) is 3.22. The molecule has 0 radical (unpaired) electrons. The molecule has 1 amide bonds. The van der Waals surface area contributed by atoms with Gasteiger partial charge in [-0.05, 0) is 23.6 Å². The fourth-order valence-electron chi connectivity index (χ4n) is 2.25. The number of hydrogen-bond acceptors (Lipinski definition) is 4. The summed E-state index contributed by atoms with van der Waals surface area (Å²) >= 11 is 1.64. The molecule has 0 aromatic carbocycles. The Kier molecular flexibility index (Phi) is 4.06. The predicted molar refractivity (Wildman–Crippen MR) is 84.3 cm³/mol. The van der Waals surface area contributed by atoms with Crippen LogP contribution in [0.15, 0.2) is 42.0 Å². The minimum atomic E-state index is -0.109. The van der Waals surface area contributed by atoms with Gasteiger partial charge in [0.1, 0.15) is 0 Å². The molecule has 3 aromatic heterocycles. The fourth-order valence-corrected chi connectivity index (χ4v) is 2.97. The second-order valence-electron chi connectivity index (χ2n) is 5.13. The molecule has 114 valence electrons. The van der Waals surface area contributed by atoms with Gasteiger partial charge in [0, 0.05) is 30.9 Å². The number of aromatic nitrogens is 4. The standard InChI is InChI=1S/C15H17N5OS/c1-18-7-3-5-12(18)9-20(10-13-6-4-8-22-13)15(21)14-11-19(2)17-16-14/h3-8,11H,9-10H2,1-2H3. The molecule has 3 aromatic rings. The first-order valence-corrected chi connectivity index (χ1v) is 7.79. The zero-order valence-corrected chi connectivity index (χ0v) is 13.3. The van der Waals surface area contributed by atoms with Crippen molar-refractivity contribution < 1.29 is 4.79 Å². The number of carbonyl (C=O) groups is 1. The summed E-state index contributed by atoms with van der Waals surface area (Å²) in [4.78, 5) is 15.7. The Labute approximate surface area is 132 Å². The van der Waals surface area contributed by atoms with Crippen LogP contribution in [0.1, 0.15) is 21.1 Å². The van der Waals surface area contributed by atoms with Crippen molar-refractivity contribution in [2.24, 2.45) is 14.1 Å². The van der Waals surface area contributed by atoms with Crippen LogP contribution in [0.4, 0.5) is 0 Å². The van der Waals surface area contributed by atoms with Crippen LogP contribution in [-0.2, 0) is 27.2 Å². The quantitative estimate of drug-likeness (QED) is 0.724. The first kappa shape index (κ1) is 14.5. The zero-order chi connectivity index (χ0) is 15.5. The summed E-state index contributed by atoms with van der Waals surface area (Å²) in [5.41, 5.74) is 1.45. The van der Waals surface area contributed by atoms with Crippen molar-refractivity contribution in [1.29, 1.82) is 0 Å². The van der Waals surface area contributed by atoms with E-state index in [1.54, 1.807) is 34.2 Å². The lowest BCUT2D eigenvalue weighted by atomic mass is 10.3. The normalized spacial score (nSPS) is 10.8. The maximum atomic E-state index is 12.7. The molecular formula is C15H17N5OS. The summed E-state index contributed by atoms with van der Waals surface area (Å²) in [6.45, 7) is 1.11. The third-order valence-corrected chi connectivity index (χ3v) is 4.30. The van der Waals surface area contributed by atoms with Crippen molar-refractivity contribution in [3.05, 3.63) is 58.3 Å². The molecule has 3 heterocycles. The van der Waals surface area contributed by atoms with Crippen molar-refractivity contribution in [3.8, 4) is 0 Å². The molecule has 0 saturated heterocycles. The third-order valence-electron chi connectivity index (χ3n) is 3.44. The molecular weight excluding hydrogens is 298 g/mol. The average molecular weight is 315 g/mol. The van der Waals surface area contributed by atoms with Crippen LogP contribution in [-0.4, -0.2) is 30.4 Å². The molecule has 6 nitrogen and oxygen atoms in total. The van der Waals surface area contributed by atoms with Crippen LogP contribution >= 0.6 is 11.3 Å². The number of thiophene rings is 1. The van der Waals surface area contributed by atoms with Crippen LogP contribution < -0.4 is 0 Å². The van der Waals surface area contributed by atoms with Gasteiger partial charge in [0.05, 0.1) is 19.3 Å². The smallest absolute Gasteiger partial charge is 0.276 e. The summed E-state index contributed by atoms with van der Waals surface area (Å²) < 4.78 is 3.56. The van der Waals surface area contributed by atoms with Crippen molar-refractivity contribution in [3.63, 3.8) is 0 Å². The Balaban J connectivity index is 1.85. The van der Waals surface area contributed by atoms with Gasteiger partial charge in [-0.25, -0.2) is 0 Å². The summed E-state index contributed by atoms with van der Waals surface area (Å²) in [7, 11) is 3.73. The highest BCUT2D eigenvalue weighted by Crippen LogP contribution is 2.16. The summed E-state index contributed by atoms with van der Waals surface area (Å²) in [5, 5.41) is 9.80. The Morgan fingerprint density at radius 3 is 2.73 bits per heavy atom. The van der Waals surface area contributed by atoms with Gasteiger partial charge in [-0.1, -0.05) is 11.3 Å². The van der Waals surface area contributed by atoms with E-state index in [1.165, 1.54) is 0 Å². The van der Waals surface area contributed by atoms with Crippen molar-refractivity contribution in [2.45, 2.75) is 13.1 Å². The minimum absolute atomic E-state index is 0.109. The highest BCUT2D eigenvalue weighted by Gasteiger charge is 2.20. The van der Waals surface area contributed by atoms with E-state index >= 15 is 0 Å². The molecule has 0 aliphatic heterocycles. The number of amides is 1. The first-order chi connectivity index (χ1) is 10.6. The Bertz CT molecular complexity index is 759. The van der Waals surface area contributed by atoms with Gasteiger partial charge in [0.15, 0.2) is 5.69 Å². The third kappa shape index (κ3) is 3.09. The van der Waals surface area contributed by atoms with Gasteiger partial charge in [0.25, 0.3) is 5.91 Å². The highest BCUT2D eigenvalue weighted by molar-refractivity contribution is 7.09. The second kappa shape index (κ2) is 6.15. The van der Waals surface area contributed by atoms with E-state index in [9.17, 15) is 4.79 Å². The van der Waals surface area contributed by atoms with E-state index in [0.717, 1.165) is 10.6 Å². The summed E-state index contributed by atoms with van der Waals surface area (Å²) in [5.74, 6) is -0.109. The molecule has 0 unspecified atom stereocenters. The summed E-state index contributed by atoms with van der Waals surface area (Å²) in [6, 6.07) is 8.02. The maximum absolute atomic E-state index is 12.7. The molecule has 0 spiro atoms. The lowest BCUT2D eigenvalue weighted by molar-refractivity contribution is 0.0722. The lowest BCUT2D eigenvalue weighted by Gasteiger charge is -2.21. The molecule has 22 heavy (non-hydrogen) atoms. The monoisotopic (exact) mass is 315 g/mol. The number of rotatable bonds is 5. The molecule has 3 rings (SSSR count). The lowest BCUT2D eigenvalue weighted by Crippen LogP contribution is -2.30. The van der Waals surface area contributed by atoms with Gasteiger partial charge in [0.2, 0.25) is 0 Å². The van der Waals surface area contributed by atoms with Gasteiger partial charge in [-0.15, -0.1) is 16.4 Å². The first-order valence-electron chi connectivity index (χ1n) is 6.91. The zero-order valence-electron chi connectivity index (χ0n) is 12.5. The number of carbonyl (C=O) groups excluding carboxylic acids is 1. The summed E-state index contributed by atoms with van der Waals surface area (Å²) in [6.07, 6.45) is 3.63. The molecule has 0 N–H and O–H groups in total. The Morgan fingerprint density at radius 2 is 2.14 bits per heavy atom. The minimum Gasteiger partial charge on any atom is -0.353 e. The molecule has 0 bridgehead atoms. The van der Waals surface area contributed by atoms with E-state index in [2.05, 4.69) is 10.3 Å². The Hall–Kier alpha value is -2.41. The molecule has 7 heteroatoms. The van der Waals surface area contributed by atoms with E-state index in [1.807, 2.05) is 47.5 Å². The van der Waals surface area contributed by atoms with E-state index in [-0.39, 0.29) is 5.91 Å². The van der Waals surface area contributed by atoms with E-state index in [0.29, 0.717) is 18.8 Å².